The highest BCUT2D eigenvalue weighted by Gasteiger charge is 2.39. The van der Waals surface area contributed by atoms with Gasteiger partial charge in [0.05, 0.1) is 5.92 Å². The van der Waals surface area contributed by atoms with Gasteiger partial charge >= 0.3 is 0 Å². The highest BCUT2D eigenvalue weighted by atomic mass is 19.2. The Morgan fingerprint density at radius 1 is 0.867 bits per heavy atom. The van der Waals surface area contributed by atoms with Crippen LogP contribution in [0.1, 0.15) is 21.5 Å². The molecule has 2 aliphatic rings. The monoisotopic (exact) mass is 413 g/mol. The maximum Gasteiger partial charge on any atom is 0.254 e. The molecule has 0 N–H and O–H groups in total. The first-order chi connectivity index (χ1) is 14.3. The molecule has 0 atom stereocenters. The molecular formula is C23H25F2N3O2. The fourth-order valence-corrected chi connectivity index (χ4v) is 4.10. The number of piperazine rings is 1. The van der Waals surface area contributed by atoms with E-state index in [-0.39, 0.29) is 23.3 Å². The van der Waals surface area contributed by atoms with Crippen LogP contribution in [0.25, 0.3) is 0 Å². The first-order valence-electron chi connectivity index (χ1n) is 10.2. The minimum atomic E-state index is -1.05. The molecule has 158 valence electrons. The van der Waals surface area contributed by atoms with Crippen molar-refractivity contribution in [2.45, 2.75) is 13.8 Å². The third-order valence-corrected chi connectivity index (χ3v) is 5.98. The van der Waals surface area contributed by atoms with E-state index in [1.54, 1.807) is 0 Å². The zero-order valence-electron chi connectivity index (χ0n) is 17.2. The van der Waals surface area contributed by atoms with E-state index in [0.717, 1.165) is 25.2 Å². The van der Waals surface area contributed by atoms with Crippen molar-refractivity contribution in [3.63, 3.8) is 0 Å². The van der Waals surface area contributed by atoms with Gasteiger partial charge in [0.25, 0.3) is 5.91 Å². The second kappa shape index (κ2) is 8.05. The number of rotatable bonds is 3. The van der Waals surface area contributed by atoms with Crippen LogP contribution in [-0.4, -0.2) is 60.9 Å². The quantitative estimate of drug-likeness (QED) is 0.777. The van der Waals surface area contributed by atoms with Crippen LogP contribution < -0.4 is 4.90 Å². The number of amides is 2. The van der Waals surface area contributed by atoms with Crippen LogP contribution in [0.15, 0.2) is 36.4 Å². The Labute approximate surface area is 174 Å². The van der Waals surface area contributed by atoms with Crippen molar-refractivity contribution < 1.29 is 18.4 Å². The van der Waals surface area contributed by atoms with Gasteiger partial charge in [-0.2, -0.15) is 0 Å². The molecule has 2 saturated heterocycles. The zero-order valence-corrected chi connectivity index (χ0v) is 17.2. The van der Waals surface area contributed by atoms with Crippen LogP contribution in [0.3, 0.4) is 0 Å². The van der Waals surface area contributed by atoms with Crippen molar-refractivity contribution in [3.05, 3.63) is 64.7 Å². The van der Waals surface area contributed by atoms with Crippen molar-refractivity contribution in [1.82, 2.24) is 9.80 Å². The third kappa shape index (κ3) is 3.88. The van der Waals surface area contributed by atoms with E-state index in [1.165, 1.54) is 27.8 Å². The van der Waals surface area contributed by atoms with Crippen LogP contribution >= 0.6 is 0 Å². The van der Waals surface area contributed by atoms with E-state index in [9.17, 15) is 18.4 Å². The average molecular weight is 413 g/mol. The summed E-state index contributed by atoms with van der Waals surface area (Å²) in [6.07, 6.45) is 0. The number of anilines is 1. The van der Waals surface area contributed by atoms with E-state index in [4.69, 9.17) is 0 Å². The van der Waals surface area contributed by atoms with Crippen LogP contribution in [0.4, 0.5) is 14.5 Å². The number of likely N-dealkylation sites (tertiary alicyclic amines) is 1. The summed E-state index contributed by atoms with van der Waals surface area (Å²) < 4.78 is 26.4. The molecule has 0 bridgehead atoms. The number of aryl methyl sites for hydroxylation is 2. The largest absolute Gasteiger partial charge is 0.368 e. The van der Waals surface area contributed by atoms with E-state index in [0.29, 0.717) is 26.2 Å². The van der Waals surface area contributed by atoms with Gasteiger partial charge in [0, 0.05) is 50.5 Å². The molecule has 0 aromatic heterocycles. The summed E-state index contributed by atoms with van der Waals surface area (Å²) in [5.41, 5.74) is 3.76. The van der Waals surface area contributed by atoms with Gasteiger partial charge in [0.15, 0.2) is 11.6 Å². The van der Waals surface area contributed by atoms with Crippen molar-refractivity contribution in [2.75, 3.05) is 44.2 Å². The molecule has 2 amide bonds. The number of benzene rings is 2. The first-order valence-corrected chi connectivity index (χ1v) is 10.2. The van der Waals surface area contributed by atoms with Crippen LogP contribution in [0.2, 0.25) is 0 Å². The minimum Gasteiger partial charge on any atom is -0.368 e. The van der Waals surface area contributed by atoms with E-state index in [2.05, 4.69) is 36.9 Å². The van der Waals surface area contributed by atoms with E-state index < -0.39 is 11.6 Å². The Bertz CT molecular complexity index is 980. The molecule has 4 rings (SSSR count). The van der Waals surface area contributed by atoms with Crippen LogP contribution in [0.5, 0.6) is 0 Å². The van der Waals surface area contributed by atoms with Gasteiger partial charge in [0.2, 0.25) is 5.91 Å². The summed E-state index contributed by atoms with van der Waals surface area (Å²) in [7, 11) is 0. The van der Waals surface area contributed by atoms with Crippen molar-refractivity contribution in [1.29, 1.82) is 0 Å². The second-order valence-electron chi connectivity index (χ2n) is 8.14. The molecular weight excluding hydrogens is 388 g/mol. The Kier molecular flexibility index (Phi) is 5.45. The number of hydrogen-bond donors (Lipinski definition) is 0. The summed E-state index contributed by atoms with van der Waals surface area (Å²) >= 11 is 0. The molecule has 2 heterocycles. The Hall–Kier alpha value is -2.96. The summed E-state index contributed by atoms with van der Waals surface area (Å²) in [5, 5.41) is 0. The Morgan fingerprint density at radius 2 is 1.57 bits per heavy atom. The summed E-state index contributed by atoms with van der Waals surface area (Å²) in [4.78, 5) is 30.9. The molecule has 2 aliphatic heterocycles. The molecule has 0 unspecified atom stereocenters. The van der Waals surface area contributed by atoms with Gasteiger partial charge in [-0.1, -0.05) is 12.1 Å². The fraction of sp³-hybridized carbons (Fsp3) is 0.391. The van der Waals surface area contributed by atoms with E-state index in [1.807, 2.05) is 4.90 Å². The van der Waals surface area contributed by atoms with Gasteiger partial charge in [-0.25, -0.2) is 8.78 Å². The molecule has 0 aliphatic carbocycles. The molecule has 30 heavy (non-hydrogen) atoms. The molecule has 0 saturated carbocycles. The van der Waals surface area contributed by atoms with Gasteiger partial charge < -0.3 is 14.7 Å². The lowest BCUT2D eigenvalue weighted by Crippen LogP contribution is -2.59. The summed E-state index contributed by atoms with van der Waals surface area (Å²) in [6.45, 7) is 7.66. The lowest BCUT2D eigenvalue weighted by molar-refractivity contribution is -0.140. The Balaban J connectivity index is 1.30. The molecule has 0 spiro atoms. The number of halogens is 2. The maximum absolute atomic E-state index is 13.4. The lowest BCUT2D eigenvalue weighted by atomic mass is 9.96. The second-order valence-corrected chi connectivity index (χ2v) is 8.14. The topological polar surface area (TPSA) is 43.9 Å². The standard InChI is InChI=1S/C23H25F2N3O2/c1-15-3-4-16(2)21(11-15)26-7-9-27(10-8-26)23(30)18-13-28(14-18)22(29)17-5-6-19(24)20(25)12-17/h3-6,11-12,18H,7-10,13-14H2,1-2H3. The number of carbonyl (C=O) groups is 2. The number of nitrogens with zero attached hydrogens (tertiary/aromatic N) is 3. The number of hydrogen-bond acceptors (Lipinski definition) is 3. The van der Waals surface area contributed by atoms with Gasteiger partial charge in [-0.05, 0) is 49.2 Å². The van der Waals surface area contributed by atoms with Gasteiger partial charge in [-0.3, -0.25) is 9.59 Å². The molecule has 2 aromatic rings. The van der Waals surface area contributed by atoms with E-state index >= 15 is 0 Å². The summed E-state index contributed by atoms with van der Waals surface area (Å²) in [6, 6.07) is 9.51. The predicted molar refractivity (Wildman–Crippen MR) is 110 cm³/mol. The molecule has 7 heteroatoms. The van der Waals surface area contributed by atoms with Crippen LogP contribution in [-0.2, 0) is 4.79 Å². The third-order valence-electron chi connectivity index (χ3n) is 5.98. The van der Waals surface area contributed by atoms with Crippen molar-refractivity contribution in [3.8, 4) is 0 Å². The highest BCUT2D eigenvalue weighted by Crippen LogP contribution is 2.25. The first kappa shape index (κ1) is 20.3. The zero-order chi connectivity index (χ0) is 21.4. The smallest absolute Gasteiger partial charge is 0.254 e. The highest BCUT2D eigenvalue weighted by molar-refractivity contribution is 5.96. The van der Waals surface area contributed by atoms with Crippen molar-refractivity contribution >= 4 is 17.5 Å². The lowest BCUT2D eigenvalue weighted by Gasteiger charge is -2.43. The SMILES string of the molecule is Cc1ccc(C)c(N2CCN(C(=O)C3CN(C(=O)c4ccc(F)c(F)c4)C3)CC2)c1. The minimum absolute atomic E-state index is 0.0601. The van der Waals surface area contributed by atoms with Gasteiger partial charge in [0.1, 0.15) is 0 Å². The fourth-order valence-electron chi connectivity index (χ4n) is 4.10. The number of carbonyl (C=O) groups excluding carboxylic acids is 2. The summed E-state index contributed by atoms with van der Waals surface area (Å²) in [5.74, 6) is -2.58. The molecule has 2 fully saturated rings. The van der Waals surface area contributed by atoms with Crippen molar-refractivity contribution in [2.24, 2.45) is 5.92 Å². The average Bonchev–Trinajstić information content (AvgIpc) is 2.70. The maximum atomic E-state index is 13.4. The predicted octanol–water partition coefficient (Wildman–Crippen LogP) is 3.00. The molecule has 2 aromatic carbocycles. The Morgan fingerprint density at radius 3 is 2.23 bits per heavy atom. The molecule has 0 radical (unpaired) electrons. The normalized spacial score (nSPS) is 17.1. The van der Waals surface area contributed by atoms with Crippen LogP contribution in [0, 0.1) is 31.4 Å². The van der Waals surface area contributed by atoms with Gasteiger partial charge in [-0.15, -0.1) is 0 Å². The molecule has 5 nitrogen and oxygen atoms in total.